The van der Waals surface area contributed by atoms with Gasteiger partial charge in [-0.2, -0.15) is 0 Å². The third-order valence-electron chi connectivity index (χ3n) is 4.03. The van der Waals surface area contributed by atoms with Crippen LogP contribution in [0.25, 0.3) is 22.6 Å². The SMILES string of the molecule is Cc1noc2nc(-c3ccco3)cc(C(=O)NCc3ccccc3Cl)c12. The molecule has 0 aliphatic carbocycles. The Labute approximate surface area is 153 Å². The summed E-state index contributed by atoms with van der Waals surface area (Å²) >= 11 is 6.15. The molecule has 6 nitrogen and oxygen atoms in total. The van der Waals surface area contributed by atoms with Crippen molar-refractivity contribution in [1.29, 1.82) is 0 Å². The zero-order chi connectivity index (χ0) is 18.1. The van der Waals surface area contributed by atoms with Gasteiger partial charge in [-0.3, -0.25) is 4.79 Å². The molecule has 0 spiro atoms. The lowest BCUT2D eigenvalue weighted by Gasteiger charge is -2.08. The second-order valence-corrected chi connectivity index (χ2v) is 6.16. The normalized spacial score (nSPS) is 11.0. The Kier molecular flexibility index (Phi) is 4.18. The molecule has 0 aliphatic heterocycles. The number of benzene rings is 1. The zero-order valence-electron chi connectivity index (χ0n) is 13.8. The van der Waals surface area contributed by atoms with Crippen LogP contribution in [-0.4, -0.2) is 16.0 Å². The van der Waals surface area contributed by atoms with Crippen LogP contribution < -0.4 is 5.32 Å². The summed E-state index contributed by atoms with van der Waals surface area (Å²) in [5.74, 6) is 0.275. The number of hydrogen-bond donors (Lipinski definition) is 1. The van der Waals surface area contributed by atoms with Gasteiger partial charge in [0.2, 0.25) is 0 Å². The molecule has 0 unspecified atom stereocenters. The number of hydrogen-bond acceptors (Lipinski definition) is 5. The number of rotatable bonds is 4. The number of nitrogens with one attached hydrogen (secondary N) is 1. The molecule has 26 heavy (non-hydrogen) atoms. The summed E-state index contributed by atoms with van der Waals surface area (Å²) in [4.78, 5) is 17.2. The molecule has 3 heterocycles. The lowest BCUT2D eigenvalue weighted by Crippen LogP contribution is -2.23. The standard InChI is InChI=1S/C19H14ClN3O3/c1-11-17-13(18(24)21-10-12-5-2-3-6-14(12)20)9-15(16-7-4-8-25-16)22-19(17)26-23-11/h2-9H,10H2,1H3,(H,21,24). The van der Waals surface area contributed by atoms with Gasteiger partial charge in [0.1, 0.15) is 5.69 Å². The molecule has 0 fully saturated rings. The number of furan rings is 1. The van der Waals surface area contributed by atoms with Crippen LogP contribution in [0.1, 0.15) is 21.6 Å². The molecule has 1 N–H and O–H groups in total. The summed E-state index contributed by atoms with van der Waals surface area (Å²) in [6, 6.07) is 12.6. The number of aryl methyl sites for hydroxylation is 1. The molecule has 4 rings (SSSR count). The Morgan fingerprint density at radius 2 is 2.08 bits per heavy atom. The topological polar surface area (TPSA) is 81.2 Å². The number of halogens is 1. The first-order valence-electron chi connectivity index (χ1n) is 7.96. The van der Waals surface area contributed by atoms with E-state index in [4.69, 9.17) is 20.5 Å². The van der Waals surface area contributed by atoms with Gasteiger partial charge in [0.15, 0.2) is 5.76 Å². The highest BCUT2D eigenvalue weighted by Gasteiger charge is 2.20. The smallest absolute Gasteiger partial charge is 0.259 e. The average molecular weight is 368 g/mol. The maximum absolute atomic E-state index is 12.8. The summed E-state index contributed by atoms with van der Waals surface area (Å²) in [7, 11) is 0. The maximum Gasteiger partial charge on any atom is 0.259 e. The quantitative estimate of drug-likeness (QED) is 0.579. The fourth-order valence-corrected chi connectivity index (χ4v) is 2.94. The van der Waals surface area contributed by atoms with Crippen LogP contribution in [0.15, 0.2) is 57.7 Å². The second-order valence-electron chi connectivity index (χ2n) is 5.75. The number of amides is 1. The lowest BCUT2D eigenvalue weighted by atomic mass is 10.1. The van der Waals surface area contributed by atoms with Gasteiger partial charge < -0.3 is 14.3 Å². The van der Waals surface area contributed by atoms with E-state index in [1.165, 1.54) is 0 Å². The molecule has 1 aromatic carbocycles. The van der Waals surface area contributed by atoms with Crippen LogP contribution in [0.2, 0.25) is 5.02 Å². The van der Waals surface area contributed by atoms with Gasteiger partial charge in [0.05, 0.1) is 22.9 Å². The van der Waals surface area contributed by atoms with E-state index < -0.39 is 0 Å². The van der Waals surface area contributed by atoms with Crippen molar-refractivity contribution in [2.24, 2.45) is 0 Å². The molecule has 0 atom stereocenters. The van der Waals surface area contributed by atoms with E-state index in [2.05, 4.69) is 15.5 Å². The van der Waals surface area contributed by atoms with Crippen molar-refractivity contribution in [1.82, 2.24) is 15.5 Å². The van der Waals surface area contributed by atoms with Crippen molar-refractivity contribution in [3.8, 4) is 11.5 Å². The molecule has 1 amide bonds. The predicted octanol–water partition coefficient (Wildman–Crippen LogP) is 4.37. The largest absolute Gasteiger partial charge is 0.463 e. The Morgan fingerprint density at radius 3 is 2.85 bits per heavy atom. The molecule has 0 saturated carbocycles. The highest BCUT2D eigenvalue weighted by Crippen LogP contribution is 2.27. The maximum atomic E-state index is 12.8. The first-order chi connectivity index (χ1) is 12.6. The Hall–Kier alpha value is -3.12. The molecular formula is C19H14ClN3O3. The molecule has 0 radical (unpaired) electrons. The van der Waals surface area contributed by atoms with Crippen molar-refractivity contribution in [2.45, 2.75) is 13.5 Å². The molecular weight excluding hydrogens is 354 g/mol. The van der Waals surface area contributed by atoms with Crippen molar-refractivity contribution in [3.63, 3.8) is 0 Å². The van der Waals surface area contributed by atoms with Gasteiger partial charge in [-0.15, -0.1) is 0 Å². The van der Waals surface area contributed by atoms with Crippen molar-refractivity contribution in [2.75, 3.05) is 0 Å². The predicted molar refractivity (Wildman–Crippen MR) is 96.9 cm³/mol. The minimum atomic E-state index is -0.267. The number of aromatic nitrogens is 2. The lowest BCUT2D eigenvalue weighted by molar-refractivity contribution is 0.0952. The summed E-state index contributed by atoms with van der Waals surface area (Å²) in [6.45, 7) is 2.08. The number of fused-ring (bicyclic) bond motifs is 1. The summed E-state index contributed by atoms with van der Waals surface area (Å²) < 4.78 is 10.6. The fraction of sp³-hybridized carbons (Fsp3) is 0.105. The minimum Gasteiger partial charge on any atom is -0.463 e. The summed E-state index contributed by atoms with van der Waals surface area (Å²) in [5.41, 5.74) is 2.65. The van der Waals surface area contributed by atoms with Crippen molar-refractivity contribution < 1.29 is 13.7 Å². The Morgan fingerprint density at radius 1 is 1.23 bits per heavy atom. The second kappa shape index (κ2) is 6.65. The Bertz CT molecular complexity index is 1090. The first kappa shape index (κ1) is 16.4. The van der Waals surface area contributed by atoms with E-state index in [-0.39, 0.29) is 5.91 Å². The van der Waals surface area contributed by atoms with Gasteiger partial charge in [-0.1, -0.05) is 35.0 Å². The molecule has 3 aromatic heterocycles. The number of pyridine rings is 1. The van der Waals surface area contributed by atoms with Gasteiger partial charge in [0, 0.05) is 11.6 Å². The van der Waals surface area contributed by atoms with Crippen molar-refractivity contribution in [3.05, 3.63) is 70.6 Å². The zero-order valence-corrected chi connectivity index (χ0v) is 14.6. The number of nitrogens with zero attached hydrogens (tertiary/aromatic N) is 2. The van der Waals surface area contributed by atoms with Crippen LogP contribution in [0, 0.1) is 6.92 Å². The van der Waals surface area contributed by atoms with E-state index >= 15 is 0 Å². The highest BCUT2D eigenvalue weighted by atomic mass is 35.5. The fourth-order valence-electron chi connectivity index (χ4n) is 2.74. The molecule has 0 aliphatic rings. The van der Waals surface area contributed by atoms with E-state index in [1.54, 1.807) is 37.5 Å². The van der Waals surface area contributed by atoms with Crippen LogP contribution >= 0.6 is 11.6 Å². The van der Waals surface area contributed by atoms with Gasteiger partial charge >= 0.3 is 0 Å². The van der Waals surface area contributed by atoms with E-state index in [0.717, 1.165) is 5.56 Å². The molecule has 4 aromatic rings. The third kappa shape index (κ3) is 2.95. The van der Waals surface area contributed by atoms with Gasteiger partial charge in [-0.25, -0.2) is 4.98 Å². The third-order valence-corrected chi connectivity index (χ3v) is 4.40. The van der Waals surface area contributed by atoms with E-state index in [9.17, 15) is 4.79 Å². The van der Waals surface area contributed by atoms with Gasteiger partial charge in [-0.05, 0) is 36.8 Å². The molecule has 0 bridgehead atoms. The summed E-state index contributed by atoms with van der Waals surface area (Å²) in [5, 5.41) is 7.99. The van der Waals surface area contributed by atoms with Crippen molar-refractivity contribution >= 4 is 28.6 Å². The number of carbonyl (C=O) groups excluding carboxylic acids is 1. The highest BCUT2D eigenvalue weighted by molar-refractivity contribution is 6.31. The van der Waals surface area contributed by atoms with Crippen LogP contribution in [0.3, 0.4) is 0 Å². The minimum absolute atomic E-state index is 0.267. The molecule has 7 heteroatoms. The van der Waals surface area contributed by atoms with E-state index in [0.29, 0.717) is 45.4 Å². The van der Waals surface area contributed by atoms with Gasteiger partial charge in [0.25, 0.3) is 11.6 Å². The Balaban J connectivity index is 1.71. The molecule has 130 valence electrons. The van der Waals surface area contributed by atoms with Crippen LogP contribution in [-0.2, 0) is 6.54 Å². The summed E-state index contributed by atoms with van der Waals surface area (Å²) in [6.07, 6.45) is 1.55. The van der Waals surface area contributed by atoms with Crippen LogP contribution in [0.4, 0.5) is 0 Å². The molecule has 0 saturated heterocycles. The monoisotopic (exact) mass is 367 g/mol. The van der Waals surface area contributed by atoms with E-state index in [1.807, 2.05) is 18.2 Å². The average Bonchev–Trinajstić information content (AvgIpc) is 3.30. The van der Waals surface area contributed by atoms with Crippen LogP contribution in [0.5, 0.6) is 0 Å². The number of carbonyl (C=O) groups is 1. The first-order valence-corrected chi connectivity index (χ1v) is 8.34.